The molecule has 0 aliphatic carbocycles. The van der Waals surface area contributed by atoms with Crippen LogP contribution in [-0.2, 0) is 21.7 Å². The monoisotopic (exact) mass is 326 g/mol. The summed E-state index contributed by atoms with van der Waals surface area (Å²) >= 11 is 0. The number of carbonyl (C=O) groups is 1. The summed E-state index contributed by atoms with van der Waals surface area (Å²) in [4.78, 5) is 12.1. The van der Waals surface area contributed by atoms with Gasteiger partial charge in [-0.25, -0.2) is 5.53 Å². The zero-order valence-corrected chi connectivity index (χ0v) is 14.4. The highest BCUT2D eigenvalue weighted by atomic mass is 16.5. The SMILES string of the molecule is COC(C)(C(=O)N=N)c1ccccc1COc1cc(C)ccc1C. The topological polar surface area (TPSA) is 71.7 Å². The quantitative estimate of drug-likeness (QED) is 0.804. The van der Waals surface area contributed by atoms with Crippen molar-refractivity contribution < 1.29 is 14.3 Å². The third-order valence-corrected chi connectivity index (χ3v) is 4.18. The molecule has 5 nitrogen and oxygen atoms in total. The van der Waals surface area contributed by atoms with Crippen molar-refractivity contribution in [1.82, 2.24) is 0 Å². The van der Waals surface area contributed by atoms with E-state index >= 15 is 0 Å². The second-order valence-corrected chi connectivity index (χ2v) is 5.87. The fourth-order valence-corrected chi connectivity index (χ4v) is 2.55. The van der Waals surface area contributed by atoms with E-state index in [9.17, 15) is 4.79 Å². The third kappa shape index (κ3) is 3.51. The van der Waals surface area contributed by atoms with Gasteiger partial charge in [0.25, 0.3) is 5.91 Å². The van der Waals surface area contributed by atoms with E-state index in [2.05, 4.69) is 5.11 Å². The van der Waals surface area contributed by atoms with Crippen LogP contribution in [0.4, 0.5) is 0 Å². The third-order valence-electron chi connectivity index (χ3n) is 4.18. The van der Waals surface area contributed by atoms with E-state index in [-0.39, 0.29) is 0 Å². The summed E-state index contributed by atoms with van der Waals surface area (Å²) < 4.78 is 11.3. The van der Waals surface area contributed by atoms with Crippen LogP contribution in [0.3, 0.4) is 0 Å². The van der Waals surface area contributed by atoms with Gasteiger partial charge in [-0.2, -0.15) is 0 Å². The Morgan fingerprint density at radius 3 is 2.58 bits per heavy atom. The molecule has 1 amide bonds. The highest BCUT2D eigenvalue weighted by molar-refractivity contribution is 5.86. The van der Waals surface area contributed by atoms with Crippen LogP contribution in [0.25, 0.3) is 0 Å². The minimum atomic E-state index is -1.30. The molecule has 5 heteroatoms. The van der Waals surface area contributed by atoms with Crippen LogP contribution in [-0.4, -0.2) is 13.0 Å². The number of benzene rings is 2. The van der Waals surface area contributed by atoms with Crippen molar-refractivity contribution in [3.8, 4) is 5.75 Å². The minimum absolute atomic E-state index is 0.296. The Morgan fingerprint density at radius 1 is 1.21 bits per heavy atom. The second kappa shape index (κ2) is 7.36. The van der Waals surface area contributed by atoms with Gasteiger partial charge in [-0.3, -0.25) is 4.79 Å². The Labute approximate surface area is 142 Å². The molecule has 0 spiro atoms. The average molecular weight is 326 g/mol. The van der Waals surface area contributed by atoms with E-state index in [1.165, 1.54) is 7.11 Å². The summed E-state index contributed by atoms with van der Waals surface area (Å²) in [5.74, 6) is 0.157. The first-order valence-corrected chi connectivity index (χ1v) is 7.68. The van der Waals surface area contributed by atoms with Gasteiger partial charge in [0.1, 0.15) is 12.4 Å². The van der Waals surface area contributed by atoms with Crippen LogP contribution in [0, 0.1) is 19.4 Å². The van der Waals surface area contributed by atoms with Crippen molar-refractivity contribution in [2.24, 2.45) is 5.11 Å². The van der Waals surface area contributed by atoms with Crippen molar-refractivity contribution in [1.29, 1.82) is 5.53 Å². The zero-order valence-electron chi connectivity index (χ0n) is 14.4. The van der Waals surface area contributed by atoms with Gasteiger partial charge in [0, 0.05) is 7.11 Å². The fourth-order valence-electron chi connectivity index (χ4n) is 2.55. The maximum Gasteiger partial charge on any atom is 0.300 e. The molecular weight excluding hydrogens is 304 g/mol. The first-order valence-electron chi connectivity index (χ1n) is 7.68. The number of hydrogen-bond acceptors (Lipinski definition) is 4. The molecule has 1 N–H and O–H groups in total. The van der Waals surface area contributed by atoms with Crippen molar-refractivity contribution >= 4 is 5.91 Å². The molecule has 24 heavy (non-hydrogen) atoms. The number of hydrogen-bond donors (Lipinski definition) is 1. The van der Waals surface area contributed by atoms with Crippen LogP contribution < -0.4 is 4.74 Å². The molecule has 0 radical (unpaired) electrons. The van der Waals surface area contributed by atoms with Crippen LogP contribution in [0.15, 0.2) is 47.6 Å². The van der Waals surface area contributed by atoms with Gasteiger partial charge in [-0.1, -0.05) is 36.4 Å². The standard InChI is InChI=1S/C19H22N2O3/c1-13-9-10-14(2)17(11-13)24-12-15-7-5-6-8-16(15)19(3,23-4)18(22)21-20/h5-11,20H,12H2,1-4H3. The predicted octanol–water partition coefficient (Wildman–Crippen LogP) is 4.30. The number of amides is 1. The average Bonchev–Trinajstić information content (AvgIpc) is 2.61. The second-order valence-electron chi connectivity index (χ2n) is 5.87. The van der Waals surface area contributed by atoms with Crippen LogP contribution in [0.1, 0.15) is 29.2 Å². The lowest BCUT2D eigenvalue weighted by Gasteiger charge is -2.26. The number of carbonyl (C=O) groups excluding carboxylic acids is 1. The van der Waals surface area contributed by atoms with E-state index in [1.54, 1.807) is 13.0 Å². The molecule has 1 unspecified atom stereocenters. The number of ether oxygens (including phenoxy) is 2. The van der Waals surface area contributed by atoms with Crippen LogP contribution >= 0.6 is 0 Å². The van der Waals surface area contributed by atoms with Gasteiger partial charge in [-0.15, -0.1) is 5.11 Å². The smallest absolute Gasteiger partial charge is 0.300 e. The summed E-state index contributed by atoms with van der Waals surface area (Å²) in [5.41, 5.74) is 9.37. The summed E-state index contributed by atoms with van der Waals surface area (Å²) in [7, 11) is 1.44. The highest BCUT2D eigenvalue weighted by Gasteiger charge is 2.37. The molecule has 0 saturated heterocycles. The lowest BCUT2D eigenvalue weighted by atomic mass is 9.90. The summed E-state index contributed by atoms with van der Waals surface area (Å²) in [6, 6.07) is 13.4. The first-order chi connectivity index (χ1) is 11.4. The fraction of sp³-hybridized carbons (Fsp3) is 0.316. The van der Waals surface area contributed by atoms with E-state index in [0.717, 1.165) is 22.4 Å². The van der Waals surface area contributed by atoms with E-state index in [0.29, 0.717) is 12.2 Å². The molecule has 0 aromatic heterocycles. The molecule has 0 fully saturated rings. The molecule has 2 aromatic rings. The molecule has 0 saturated carbocycles. The van der Waals surface area contributed by atoms with Gasteiger partial charge in [-0.05, 0) is 49.1 Å². The molecule has 126 valence electrons. The number of nitrogens with zero attached hydrogens (tertiary/aromatic N) is 1. The number of nitrogens with one attached hydrogen (secondary N) is 1. The Kier molecular flexibility index (Phi) is 5.46. The Bertz CT molecular complexity index is 758. The largest absolute Gasteiger partial charge is 0.489 e. The Hall–Kier alpha value is -2.53. The van der Waals surface area contributed by atoms with Gasteiger partial charge in [0.05, 0.1) is 0 Å². The molecule has 2 rings (SSSR count). The van der Waals surface area contributed by atoms with Crippen molar-refractivity contribution in [2.75, 3.05) is 7.11 Å². The molecule has 0 heterocycles. The molecule has 0 bridgehead atoms. The zero-order chi connectivity index (χ0) is 17.7. The summed E-state index contributed by atoms with van der Waals surface area (Å²) in [6.07, 6.45) is 0. The first kappa shape index (κ1) is 17.8. The molecule has 0 aliphatic heterocycles. The van der Waals surface area contributed by atoms with Gasteiger partial charge in [0.15, 0.2) is 5.60 Å². The van der Waals surface area contributed by atoms with E-state index in [4.69, 9.17) is 15.0 Å². The Balaban J connectivity index is 2.34. The maximum atomic E-state index is 12.1. The minimum Gasteiger partial charge on any atom is -0.489 e. The number of methoxy groups -OCH3 is 1. The van der Waals surface area contributed by atoms with Crippen LogP contribution in [0.2, 0.25) is 0 Å². The summed E-state index contributed by atoms with van der Waals surface area (Å²) in [6.45, 7) is 5.91. The van der Waals surface area contributed by atoms with Crippen molar-refractivity contribution in [3.63, 3.8) is 0 Å². The van der Waals surface area contributed by atoms with Crippen molar-refractivity contribution in [2.45, 2.75) is 33.0 Å². The molecule has 2 aromatic carbocycles. The molecule has 1 atom stereocenters. The summed E-state index contributed by atoms with van der Waals surface area (Å²) in [5, 5.41) is 3.04. The van der Waals surface area contributed by atoms with Gasteiger partial charge < -0.3 is 9.47 Å². The number of rotatable bonds is 6. The van der Waals surface area contributed by atoms with Crippen molar-refractivity contribution in [3.05, 3.63) is 64.7 Å². The van der Waals surface area contributed by atoms with E-state index < -0.39 is 11.5 Å². The van der Waals surface area contributed by atoms with Crippen LogP contribution in [0.5, 0.6) is 5.75 Å². The predicted molar refractivity (Wildman–Crippen MR) is 91.2 cm³/mol. The number of aryl methyl sites for hydroxylation is 2. The molecule has 0 aliphatic rings. The normalized spacial score (nSPS) is 13.2. The lowest BCUT2D eigenvalue weighted by molar-refractivity contribution is -0.139. The molecular formula is C19H22N2O3. The highest BCUT2D eigenvalue weighted by Crippen LogP contribution is 2.30. The maximum absolute atomic E-state index is 12.1. The lowest BCUT2D eigenvalue weighted by Crippen LogP contribution is -2.34. The van der Waals surface area contributed by atoms with E-state index in [1.807, 2.05) is 50.2 Å². The van der Waals surface area contributed by atoms with Gasteiger partial charge in [0.2, 0.25) is 0 Å². The van der Waals surface area contributed by atoms with Gasteiger partial charge >= 0.3 is 0 Å². The Morgan fingerprint density at radius 2 is 1.92 bits per heavy atom.